The summed E-state index contributed by atoms with van der Waals surface area (Å²) in [6.07, 6.45) is -0.725. The second-order valence-corrected chi connectivity index (χ2v) is 10.0. The Labute approximate surface area is 203 Å². The highest BCUT2D eigenvalue weighted by molar-refractivity contribution is 7.39. The third-order valence-electron chi connectivity index (χ3n) is 4.88. The van der Waals surface area contributed by atoms with Gasteiger partial charge in [0.2, 0.25) is 6.29 Å². The number of hydrogen-bond acceptors (Lipinski definition) is 7. The summed E-state index contributed by atoms with van der Waals surface area (Å²) in [4.78, 5) is 25.8. The number of rotatable bonds is 10. The van der Waals surface area contributed by atoms with E-state index in [2.05, 4.69) is 10.6 Å². The molecule has 10 heteroatoms. The Morgan fingerprint density at radius 3 is 2.53 bits per heavy atom. The zero-order valence-corrected chi connectivity index (χ0v) is 20.8. The first-order chi connectivity index (χ1) is 16.4. The minimum Gasteiger partial charge on any atom is -0.419 e. The highest BCUT2D eigenvalue weighted by atomic mass is 32.1. The van der Waals surface area contributed by atoms with E-state index in [0.717, 1.165) is 16.0 Å². The van der Waals surface area contributed by atoms with Gasteiger partial charge >= 0.3 is 6.09 Å². The van der Waals surface area contributed by atoms with E-state index in [1.165, 1.54) is 0 Å². The maximum absolute atomic E-state index is 12.7. The van der Waals surface area contributed by atoms with Crippen molar-refractivity contribution in [1.82, 2.24) is 5.32 Å². The quantitative estimate of drug-likeness (QED) is 0.186. The van der Waals surface area contributed by atoms with Crippen LogP contribution in [-0.2, 0) is 20.4 Å². The molecule has 0 aliphatic carbocycles. The number of nitrogens with one attached hydrogen (secondary N) is 2. The lowest BCUT2D eigenvalue weighted by Crippen LogP contribution is -2.29. The van der Waals surface area contributed by atoms with Gasteiger partial charge in [0.1, 0.15) is 0 Å². The van der Waals surface area contributed by atoms with Crippen molar-refractivity contribution in [3.63, 3.8) is 0 Å². The van der Waals surface area contributed by atoms with Crippen LogP contribution in [0.3, 0.4) is 0 Å². The van der Waals surface area contributed by atoms with Crippen LogP contribution in [0.2, 0.25) is 0 Å². The van der Waals surface area contributed by atoms with E-state index in [1.807, 2.05) is 29.6 Å². The number of nitrogens with two attached hydrogens (primary N) is 1. The van der Waals surface area contributed by atoms with Crippen molar-refractivity contribution in [3.05, 3.63) is 71.1 Å². The number of benzene rings is 2. The van der Waals surface area contributed by atoms with Crippen molar-refractivity contribution in [3.8, 4) is 10.4 Å². The molecule has 4 N–H and O–H groups in total. The van der Waals surface area contributed by atoms with Crippen LogP contribution < -0.4 is 16.4 Å². The molecule has 34 heavy (non-hydrogen) atoms. The first kappa shape index (κ1) is 25.5. The van der Waals surface area contributed by atoms with Gasteiger partial charge in [-0.25, -0.2) is 4.79 Å². The largest absolute Gasteiger partial charge is 0.419 e. The molecule has 180 valence electrons. The van der Waals surface area contributed by atoms with Gasteiger partial charge < -0.3 is 21.1 Å². The number of hydrogen-bond donors (Lipinski definition) is 3. The van der Waals surface area contributed by atoms with Gasteiger partial charge in [-0.15, -0.1) is 11.3 Å². The maximum atomic E-state index is 12.7. The smallest absolute Gasteiger partial charge is 0.409 e. The van der Waals surface area contributed by atoms with E-state index in [0.29, 0.717) is 29.5 Å². The molecule has 2 unspecified atom stereocenters. The Bertz CT molecular complexity index is 1140. The third-order valence-corrected chi connectivity index (χ3v) is 6.91. The fraction of sp³-hybridized carbons (Fsp3) is 0.250. The summed E-state index contributed by atoms with van der Waals surface area (Å²) in [5, 5.41) is 7.47. The predicted molar refractivity (Wildman–Crippen MR) is 137 cm³/mol. The Morgan fingerprint density at radius 1 is 1.12 bits per heavy atom. The van der Waals surface area contributed by atoms with Crippen LogP contribution in [0.25, 0.3) is 10.4 Å². The lowest BCUT2D eigenvalue weighted by atomic mass is 10.1. The van der Waals surface area contributed by atoms with Crippen LogP contribution in [0.1, 0.15) is 36.2 Å². The van der Waals surface area contributed by atoms with Crippen molar-refractivity contribution in [1.29, 1.82) is 0 Å². The Balaban J connectivity index is 1.55. The molecule has 1 aromatic heterocycles. The van der Waals surface area contributed by atoms with Crippen LogP contribution in [0.4, 0.5) is 16.2 Å². The number of anilines is 2. The maximum Gasteiger partial charge on any atom is 0.409 e. The van der Waals surface area contributed by atoms with Gasteiger partial charge in [0.25, 0.3) is 5.91 Å². The van der Waals surface area contributed by atoms with Crippen LogP contribution in [0.5, 0.6) is 0 Å². The number of amides is 2. The number of carbonyl (C=O) groups excluding carboxylic acids is 2. The standard InChI is InChI=1S/C24H28N3O5PS/c1-3-22(32-33(30)4-2)31-24(29)26-15-16-7-9-17(10-8-16)23(28)27-20-14-18(11-12-19(20)25)21-6-5-13-34-21/h5-14,22,33H,3-4,15,25H2,1-2H3,(H,26,29)(H,27,28). The van der Waals surface area contributed by atoms with Crippen molar-refractivity contribution < 1.29 is 23.4 Å². The molecule has 0 bridgehead atoms. The fourth-order valence-electron chi connectivity index (χ4n) is 2.99. The summed E-state index contributed by atoms with van der Waals surface area (Å²) in [7, 11) is -2.20. The molecule has 0 spiro atoms. The summed E-state index contributed by atoms with van der Waals surface area (Å²) < 4.78 is 21.9. The molecule has 0 fully saturated rings. The molecular formula is C24H28N3O5PS. The minimum atomic E-state index is -2.20. The molecule has 2 atom stereocenters. The molecule has 0 aliphatic heterocycles. The summed E-state index contributed by atoms with van der Waals surface area (Å²) in [5.74, 6) is -0.289. The van der Waals surface area contributed by atoms with E-state index in [9.17, 15) is 14.2 Å². The van der Waals surface area contributed by atoms with Gasteiger partial charge in [-0.1, -0.05) is 38.1 Å². The predicted octanol–water partition coefficient (Wildman–Crippen LogP) is 5.72. The van der Waals surface area contributed by atoms with E-state index in [-0.39, 0.29) is 12.5 Å². The van der Waals surface area contributed by atoms with E-state index < -0.39 is 20.4 Å². The Kier molecular flexibility index (Phi) is 9.27. The molecular weight excluding hydrogens is 473 g/mol. The van der Waals surface area contributed by atoms with Gasteiger partial charge in [-0.3, -0.25) is 13.9 Å². The molecule has 3 rings (SSSR count). The zero-order chi connectivity index (χ0) is 24.5. The second-order valence-electron chi connectivity index (χ2n) is 7.37. The lowest BCUT2D eigenvalue weighted by molar-refractivity contribution is -0.0289. The normalized spacial score (nSPS) is 12.5. The monoisotopic (exact) mass is 501 g/mol. The second kappa shape index (κ2) is 12.4. The van der Waals surface area contributed by atoms with E-state index in [1.54, 1.807) is 55.5 Å². The van der Waals surface area contributed by atoms with Crippen LogP contribution in [-0.4, -0.2) is 24.5 Å². The first-order valence-corrected chi connectivity index (χ1v) is 13.3. The SMILES string of the molecule is CCC(OC(=O)NCc1ccc(C(=O)Nc2cc(-c3cccs3)ccc2N)cc1)O[PH](=O)CC. The summed E-state index contributed by atoms with van der Waals surface area (Å²) in [6.45, 7) is 3.73. The average molecular weight is 502 g/mol. The molecule has 0 saturated heterocycles. The topological polar surface area (TPSA) is 120 Å². The van der Waals surface area contributed by atoms with E-state index >= 15 is 0 Å². The summed E-state index contributed by atoms with van der Waals surface area (Å²) in [5.41, 5.74) is 9.29. The molecule has 0 saturated carbocycles. The number of thiophene rings is 1. The highest BCUT2D eigenvalue weighted by Crippen LogP contribution is 2.30. The molecule has 0 radical (unpaired) electrons. The zero-order valence-electron chi connectivity index (χ0n) is 19.0. The van der Waals surface area contributed by atoms with Crippen LogP contribution in [0.15, 0.2) is 60.0 Å². The fourth-order valence-corrected chi connectivity index (χ4v) is 4.38. The number of alkyl carbamates (subject to hydrolysis) is 1. The Morgan fingerprint density at radius 2 is 1.88 bits per heavy atom. The van der Waals surface area contributed by atoms with Crippen LogP contribution >= 0.6 is 19.4 Å². The van der Waals surface area contributed by atoms with E-state index in [4.69, 9.17) is 15.0 Å². The van der Waals surface area contributed by atoms with Crippen molar-refractivity contribution in [2.45, 2.75) is 33.1 Å². The van der Waals surface area contributed by atoms with Gasteiger partial charge in [-0.05, 0) is 46.8 Å². The average Bonchev–Trinajstić information content (AvgIpc) is 3.39. The molecule has 2 aromatic carbocycles. The van der Waals surface area contributed by atoms with Gasteiger partial charge in [-0.2, -0.15) is 0 Å². The number of nitrogen functional groups attached to an aromatic ring is 1. The van der Waals surface area contributed by atoms with Crippen molar-refractivity contribution >= 4 is 42.7 Å². The van der Waals surface area contributed by atoms with Gasteiger partial charge in [0.15, 0.2) is 8.03 Å². The molecule has 2 amide bonds. The minimum absolute atomic E-state index is 0.204. The van der Waals surface area contributed by atoms with Gasteiger partial charge in [0.05, 0.1) is 11.4 Å². The molecule has 3 aromatic rings. The summed E-state index contributed by atoms with van der Waals surface area (Å²) in [6, 6.07) is 16.3. The van der Waals surface area contributed by atoms with Crippen LogP contribution in [0, 0.1) is 0 Å². The number of carbonyl (C=O) groups is 2. The third kappa shape index (κ3) is 7.18. The lowest BCUT2D eigenvalue weighted by Gasteiger charge is -2.16. The number of ether oxygens (including phenoxy) is 1. The molecule has 8 nitrogen and oxygen atoms in total. The Hall–Kier alpha value is -3.13. The summed E-state index contributed by atoms with van der Waals surface area (Å²) >= 11 is 1.61. The molecule has 0 aliphatic rings. The highest BCUT2D eigenvalue weighted by Gasteiger charge is 2.15. The first-order valence-electron chi connectivity index (χ1n) is 10.9. The molecule has 1 heterocycles. The van der Waals surface area contributed by atoms with Crippen molar-refractivity contribution in [2.24, 2.45) is 0 Å². The van der Waals surface area contributed by atoms with Gasteiger partial charge in [0, 0.05) is 29.6 Å². The van der Waals surface area contributed by atoms with Crippen molar-refractivity contribution in [2.75, 3.05) is 17.2 Å².